The van der Waals surface area contributed by atoms with Crippen LogP contribution in [-0.4, -0.2) is 38.9 Å². The summed E-state index contributed by atoms with van der Waals surface area (Å²) in [5, 5.41) is 15.3. The molecule has 0 fully saturated rings. The van der Waals surface area contributed by atoms with Gasteiger partial charge in [-0.25, -0.2) is 0 Å². The highest BCUT2D eigenvalue weighted by atomic mass is 35.5. The van der Waals surface area contributed by atoms with Gasteiger partial charge >= 0.3 is 0 Å². The van der Waals surface area contributed by atoms with E-state index >= 15 is 0 Å². The van der Waals surface area contributed by atoms with E-state index < -0.39 is 0 Å². The van der Waals surface area contributed by atoms with Gasteiger partial charge in [-0.2, -0.15) is 0 Å². The summed E-state index contributed by atoms with van der Waals surface area (Å²) >= 11 is 13.1. The summed E-state index contributed by atoms with van der Waals surface area (Å²) in [4.78, 5) is 24.5. The minimum atomic E-state index is -0.265. The average molecular weight is 536 g/mol. The number of hydrogen-bond acceptors (Lipinski definition) is 6. The Hall–Kier alpha value is -2.75. The van der Waals surface area contributed by atoms with Crippen LogP contribution in [0.2, 0.25) is 10.0 Å². The number of hydrogen-bond donors (Lipinski definition) is 2. The first kappa shape index (κ1) is 26.8. The van der Waals surface area contributed by atoms with Crippen molar-refractivity contribution in [3.05, 3.63) is 63.9 Å². The quantitative estimate of drug-likeness (QED) is 0.329. The summed E-state index contributed by atoms with van der Waals surface area (Å²) in [5.74, 6) is 1.32. The van der Waals surface area contributed by atoms with E-state index in [9.17, 15) is 9.59 Å². The lowest BCUT2D eigenvalue weighted by Gasteiger charge is -2.10. The third kappa shape index (κ3) is 7.88. The first-order valence-corrected chi connectivity index (χ1v) is 12.8. The van der Waals surface area contributed by atoms with Crippen molar-refractivity contribution in [1.82, 2.24) is 20.1 Å². The molecule has 1 aromatic heterocycles. The Kier molecular flexibility index (Phi) is 9.83. The molecule has 0 aliphatic rings. The zero-order chi connectivity index (χ0) is 25.4. The molecule has 186 valence electrons. The molecule has 0 spiro atoms. The SMILES string of the molecule is CCn1c(CNC(=O)COc2ccc(C(C)C)cc2)nnc1SCC(=O)Nc1ccc(Cl)c(Cl)c1. The maximum Gasteiger partial charge on any atom is 0.258 e. The van der Waals surface area contributed by atoms with Crippen LogP contribution in [0.3, 0.4) is 0 Å². The Labute approximate surface area is 218 Å². The molecule has 3 aromatic rings. The number of thioether (sulfide) groups is 1. The molecule has 1 heterocycles. The second-order valence-corrected chi connectivity index (χ2v) is 9.65. The number of carbonyl (C=O) groups is 2. The number of amides is 2. The van der Waals surface area contributed by atoms with E-state index in [-0.39, 0.29) is 30.7 Å². The molecule has 2 N–H and O–H groups in total. The van der Waals surface area contributed by atoms with E-state index in [1.807, 2.05) is 35.8 Å². The minimum absolute atomic E-state index is 0.0994. The molecule has 0 saturated carbocycles. The highest BCUT2D eigenvalue weighted by Crippen LogP contribution is 2.25. The molecule has 35 heavy (non-hydrogen) atoms. The van der Waals surface area contributed by atoms with Crippen molar-refractivity contribution in [1.29, 1.82) is 0 Å². The zero-order valence-corrected chi connectivity index (χ0v) is 22.0. The van der Waals surface area contributed by atoms with Crippen LogP contribution in [0.25, 0.3) is 0 Å². The molecular weight excluding hydrogens is 509 g/mol. The summed E-state index contributed by atoms with van der Waals surface area (Å²) in [6.45, 7) is 6.87. The molecule has 0 radical (unpaired) electrons. The summed E-state index contributed by atoms with van der Waals surface area (Å²) < 4.78 is 7.41. The minimum Gasteiger partial charge on any atom is -0.484 e. The van der Waals surface area contributed by atoms with Crippen LogP contribution in [0.1, 0.15) is 38.1 Å². The summed E-state index contributed by atoms with van der Waals surface area (Å²) in [6, 6.07) is 12.6. The van der Waals surface area contributed by atoms with E-state index in [1.165, 1.54) is 17.3 Å². The monoisotopic (exact) mass is 535 g/mol. The highest BCUT2D eigenvalue weighted by molar-refractivity contribution is 7.99. The smallest absolute Gasteiger partial charge is 0.258 e. The Balaban J connectivity index is 1.47. The number of carbonyl (C=O) groups excluding carboxylic acids is 2. The van der Waals surface area contributed by atoms with Crippen LogP contribution in [0, 0.1) is 0 Å². The third-order valence-corrected chi connectivity index (χ3v) is 6.71. The fourth-order valence-corrected chi connectivity index (χ4v) is 4.22. The van der Waals surface area contributed by atoms with Gasteiger partial charge in [0.2, 0.25) is 5.91 Å². The number of benzene rings is 2. The molecule has 3 rings (SSSR count). The van der Waals surface area contributed by atoms with Crippen molar-refractivity contribution < 1.29 is 14.3 Å². The van der Waals surface area contributed by atoms with Gasteiger partial charge in [-0.3, -0.25) is 9.59 Å². The standard InChI is InChI=1S/C24H27Cl2N5O3S/c1-4-31-21(12-27-22(32)13-34-18-8-5-16(6-9-18)15(2)3)29-30-24(31)35-14-23(33)28-17-7-10-19(25)20(26)11-17/h5-11,15H,4,12-14H2,1-3H3,(H,27,32)(H,28,33). The van der Waals surface area contributed by atoms with Gasteiger partial charge in [0.15, 0.2) is 17.6 Å². The lowest BCUT2D eigenvalue weighted by molar-refractivity contribution is -0.123. The second-order valence-electron chi connectivity index (χ2n) is 7.90. The topological polar surface area (TPSA) is 98.1 Å². The third-order valence-electron chi connectivity index (χ3n) is 5.01. The molecule has 0 aliphatic carbocycles. The predicted molar refractivity (Wildman–Crippen MR) is 139 cm³/mol. The Bertz CT molecular complexity index is 1170. The van der Waals surface area contributed by atoms with Crippen LogP contribution in [-0.2, 0) is 22.7 Å². The van der Waals surface area contributed by atoms with Crippen LogP contribution >= 0.6 is 35.0 Å². The maximum atomic E-state index is 12.3. The maximum absolute atomic E-state index is 12.3. The molecule has 0 saturated heterocycles. The van der Waals surface area contributed by atoms with Crippen LogP contribution in [0.5, 0.6) is 5.75 Å². The molecule has 0 bridgehead atoms. The van der Waals surface area contributed by atoms with Crippen molar-refractivity contribution in [3.63, 3.8) is 0 Å². The lowest BCUT2D eigenvalue weighted by atomic mass is 10.0. The first-order chi connectivity index (χ1) is 16.8. The van der Waals surface area contributed by atoms with Crippen molar-refractivity contribution in [2.45, 2.75) is 44.9 Å². The fourth-order valence-electron chi connectivity index (χ4n) is 3.10. The molecule has 0 unspecified atom stereocenters. The number of anilines is 1. The number of ether oxygens (including phenoxy) is 1. The van der Waals surface area contributed by atoms with Gasteiger partial charge in [-0.1, -0.05) is 60.9 Å². The first-order valence-electron chi connectivity index (χ1n) is 11.1. The highest BCUT2D eigenvalue weighted by Gasteiger charge is 2.15. The van der Waals surface area contributed by atoms with Gasteiger partial charge in [-0.05, 0) is 48.7 Å². The second kappa shape index (κ2) is 12.8. The Morgan fingerprint density at radius 3 is 2.46 bits per heavy atom. The van der Waals surface area contributed by atoms with Gasteiger partial charge in [0.1, 0.15) is 5.75 Å². The Morgan fingerprint density at radius 2 is 1.80 bits per heavy atom. The summed E-state index contributed by atoms with van der Waals surface area (Å²) in [6.07, 6.45) is 0. The molecule has 11 heteroatoms. The average Bonchev–Trinajstić information content (AvgIpc) is 3.24. The number of nitrogens with zero attached hydrogens (tertiary/aromatic N) is 3. The van der Waals surface area contributed by atoms with E-state index in [1.54, 1.807) is 18.2 Å². The molecular formula is C24H27Cl2N5O3S. The van der Waals surface area contributed by atoms with Crippen molar-refractivity contribution in [2.24, 2.45) is 0 Å². The van der Waals surface area contributed by atoms with Crippen LogP contribution < -0.4 is 15.4 Å². The molecule has 0 aliphatic heterocycles. The van der Waals surface area contributed by atoms with Crippen LogP contribution in [0.4, 0.5) is 5.69 Å². The molecule has 0 atom stereocenters. The predicted octanol–water partition coefficient (Wildman–Crippen LogP) is 5.15. The number of rotatable bonds is 11. The van der Waals surface area contributed by atoms with Gasteiger partial charge in [0.25, 0.3) is 5.91 Å². The van der Waals surface area contributed by atoms with Gasteiger partial charge < -0.3 is 19.9 Å². The number of halogens is 2. The molecule has 2 amide bonds. The lowest BCUT2D eigenvalue weighted by Crippen LogP contribution is -2.29. The zero-order valence-electron chi connectivity index (χ0n) is 19.7. The fraction of sp³-hybridized carbons (Fsp3) is 0.333. The van der Waals surface area contributed by atoms with Crippen molar-refractivity contribution in [3.8, 4) is 5.75 Å². The van der Waals surface area contributed by atoms with E-state index in [4.69, 9.17) is 27.9 Å². The van der Waals surface area contributed by atoms with Gasteiger partial charge in [0, 0.05) is 12.2 Å². The van der Waals surface area contributed by atoms with Crippen LogP contribution in [0.15, 0.2) is 47.6 Å². The van der Waals surface area contributed by atoms with Crippen molar-refractivity contribution >= 4 is 52.5 Å². The van der Waals surface area contributed by atoms with Crippen molar-refractivity contribution in [2.75, 3.05) is 17.7 Å². The normalized spacial score (nSPS) is 10.9. The number of nitrogens with one attached hydrogen (secondary N) is 2. The van der Waals surface area contributed by atoms with E-state index in [0.717, 1.165) is 0 Å². The largest absolute Gasteiger partial charge is 0.484 e. The van der Waals surface area contributed by atoms with E-state index in [2.05, 4.69) is 34.7 Å². The van der Waals surface area contributed by atoms with Gasteiger partial charge in [-0.15, -0.1) is 10.2 Å². The summed E-state index contributed by atoms with van der Waals surface area (Å²) in [7, 11) is 0. The summed E-state index contributed by atoms with van der Waals surface area (Å²) in [5.41, 5.74) is 1.77. The Morgan fingerprint density at radius 1 is 1.06 bits per heavy atom. The van der Waals surface area contributed by atoms with Gasteiger partial charge in [0.05, 0.1) is 22.3 Å². The molecule has 8 nitrogen and oxygen atoms in total. The number of aromatic nitrogens is 3. The van der Waals surface area contributed by atoms with E-state index in [0.29, 0.717) is 44.9 Å². The molecule has 2 aromatic carbocycles.